The minimum absolute atomic E-state index is 0.0503. The van der Waals surface area contributed by atoms with Crippen LogP contribution in [0.5, 0.6) is 0 Å². The highest BCUT2D eigenvalue weighted by atomic mass is 32.2. The standard InChI is InChI=1S/C26H37N5O2S/c1-26(2,3)22-16-23(31-12-10-30(4)11-13-31)29-25(28-22)34-18-19-7-5-8-20(15-19)24(32)27-17-21-9-6-14-33-21/h5,7-8,15-16,21H,6,9-14,17-18H2,1-4H3,(H,27,32). The first-order valence-corrected chi connectivity index (χ1v) is 13.2. The third-order valence-electron chi connectivity index (χ3n) is 6.36. The number of nitrogens with zero attached hydrogens (tertiary/aromatic N) is 4. The van der Waals surface area contributed by atoms with Gasteiger partial charge in [-0.05, 0) is 37.6 Å². The molecule has 1 aromatic heterocycles. The predicted octanol–water partition coefficient (Wildman–Crippen LogP) is 3.73. The number of hydrogen-bond donors (Lipinski definition) is 1. The van der Waals surface area contributed by atoms with Crippen molar-refractivity contribution < 1.29 is 9.53 Å². The summed E-state index contributed by atoms with van der Waals surface area (Å²) in [5.41, 5.74) is 2.76. The molecule has 1 N–H and O–H groups in total. The van der Waals surface area contributed by atoms with Crippen molar-refractivity contribution in [3.63, 3.8) is 0 Å². The molecule has 0 saturated carbocycles. The van der Waals surface area contributed by atoms with E-state index in [1.165, 1.54) is 0 Å². The number of amides is 1. The Kier molecular flexibility index (Phi) is 8.11. The van der Waals surface area contributed by atoms with Gasteiger partial charge in [-0.2, -0.15) is 0 Å². The molecule has 7 nitrogen and oxygen atoms in total. The van der Waals surface area contributed by atoms with E-state index < -0.39 is 0 Å². The van der Waals surface area contributed by atoms with Crippen molar-refractivity contribution >= 4 is 23.5 Å². The van der Waals surface area contributed by atoms with Crippen LogP contribution in [0.1, 0.15) is 55.2 Å². The van der Waals surface area contributed by atoms with Crippen molar-refractivity contribution in [2.45, 2.75) is 56.0 Å². The molecule has 0 aliphatic carbocycles. The molecule has 3 heterocycles. The van der Waals surface area contributed by atoms with Gasteiger partial charge in [0, 0.05) is 62.1 Å². The van der Waals surface area contributed by atoms with Gasteiger partial charge in [0.05, 0.1) is 11.8 Å². The van der Waals surface area contributed by atoms with Gasteiger partial charge in [-0.15, -0.1) is 0 Å². The Bertz CT molecular complexity index is 979. The van der Waals surface area contributed by atoms with Crippen LogP contribution in [0.3, 0.4) is 0 Å². The molecule has 2 aromatic rings. The Labute approximate surface area is 207 Å². The first-order chi connectivity index (χ1) is 16.3. The zero-order valence-corrected chi connectivity index (χ0v) is 21.7. The average molecular weight is 484 g/mol. The molecule has 34 heavy (non-hydrogen) atoms. The van der Waals surface area contributed by atoms with Gasteiger partial charge in [0.1, 0.15) is 5.82 Å². The smallest absolute Gasteiger partial charge is 0.251 e. The van der Waals surface area contributed by atoms with Crippen LogP contribution in [0, 0.1) is 0 Å². The van der Waals surface area contributed by atoms with E-state index in [0.29, 0.717) is 17.9 Å². The maximum Gasteiger partial charge on any atom is 0.251 e. The van der Waals surface area contributed by atoms with E-state index >= 15 is 0 Å². The molecule has 0 bridgehead atoms. The SMILES string of the molecule is CN1CCN(c2cc(C(C)(C)C)nc(SCc3cccc(C(=O)NCC4CCCO4)c3)n2)CC1. The summed E-state index contributed by atoms with van der Waals surface area (Å²) in [6, 6.07) is 9.97. The van der Waals surface area contributed by atoms with Crippen molar-refractivity contribution in [1.82, 2.24) is 20.2 Å². The molecule has 1 unspecified atom stereocenters. The lowest BCUT2D eigenvalue weighted by atomic mass is 9.92. The van der Waals surface area contributed by atoms with E-state index in [1.807, 2.05) is 18.2 Å². The third kappa shape index (κ3) is 6.71. The van der Waals surface area contributed by atoms with Gasteiger partial charge in [0.25, 0.3) is 5.91 Å². The molecule has 184 valence electrons. The summed E-state index contributed by atoms with van der Waals surface area (Å²) < 4.78 is 5.60. The zero-order valence-electron chi connectivity index (χ0n) is 20.8. The number of aromatic nitrogens is 2. The van der Waals surface area contributed by atoms with Crippen molar-refractivity contribution in [2.24, 2.45) is 0 Å². The van der Waals surface area contributed by atoms with Crippen LogP contribution in [0.4, 0.5) is 5.82 Å². The fraction of sp³-hybridized carbons (Fsp3) is 0.577. The minimum atomic E-state index is -0.0549. The topological polar surface area (TPSA) is 70.6 Å². The van der Waals surface area contributed by atoms with Crippen LogP contribution in [0.15, 0.2) is 35.5 Å². The Morgan fingerprint density at radius 1 is 1.18 bits per heavy atom. The highest BCUT2D eigenvalue weighted by molar-refractivity contribution is 7.98. The monoisotopic (exact) mass is 483 g/mol. The highest BCUT2D eigenvalue weighted by Crippen LogP contribution is 2.29. The predicted molar refractivity (Wildman–Crippen MR) is 138 cm³/mol. The second kappa shape index (κ2) is 11.1. The summed E-state index contributed by atoms with van der Waals surface area (Å²) in [5.74, 6) is 1.67. The number of benzene rings is 1. The first-order valence-electron chi connectivity index (χ1n) is 12.2. The second-order valence-electron chi connectivity index (χ2n) is 10.3. The fourth-order valence-electron chi connectivity index (χ4n) is 4.12. The summed E-state index contributed by atoms with van der Waals surface area (Å²) >= 11 is 1.63. The lowest BCUT2D eigenvalue weighted by Crippen LogP contribution is -2.45. The van der Waals surface area contributed by atoms with Gasteiger partial charge >= 0.3 is 0 Å². The van der Waals surface area contributed by atoms with Crippen LogP contribution in [0.25, 0.3) is 0 Å². The number of ether oxygens (including phenoxy) is 1. The van der Waals surface area contributed by atoms with Gasteiger partial charge in [-0.25, -0.2) is 9.97 Å². The number of hydrogen-bond acceptors (Lipinski definition) is 7. The second-order valence-corrected chi connectivity index (χ2v) is 11.2. The molecule has 2 saturated heterocycles. The summed E-state index contributed by atoms with van der Waals surface area (Å²) in [7, 11) is 2.16. The molecule has 1 aromatic carbocycles. The largest absolute Gasteiger partial charge is 0.376 e. The number of rotatable bonds is 7. The van der Waals surface area contributed by atoms with E-state index in [2.05, 4.69) is 55.1 Å². The Balaban J connectivity index is 1.43. The molecule has 4 rings (SSSR count). The summed E-state index contributed by atoms with van der Waals surface area (Å²) in [6.45, 7) is 12.0. The fourth-order valence-corrected chi connectivity index (χ4v) is 4.92. The maximum absolute atomic E-state index is 12.6. The Morgan fingerprint density at radius 3 is 2.68 bits per heavy atom. The quantitative estimate of drug-likeness (QED) is 0.475. The average Bonchev–Trinajstić information content (AvgIpc) is 3.35. The molecule has 2 aliphatic rings. The molecule has 1 atom stereocenters. The van der Waals surface area contributed by atoms with Gasteiger partial charge in [0.15, 0.2) is 5.16 Å². The number of piperazine rings is 1. The summed E-state index contributed by atoms with van der Waals surface area (Å²) in [6.07, 6.45) is 2.23. The van der Waals surface area contributed by atoms with Crippen molar-refractivity contribution in [1.29, 1.82) is 0 Å². The summed E-state index contributed by atoms with van der Waals surface area (Å²) in [4.78, 5) is 27.1. The lowest BCUT2D eigenvalue weighted by Gasteiger charge is -2.34. The minimum Gasteiger partial charge on any atom is -0.376 e. The van der Waals surface area contributed by atoms with Crippen LogP contribution < -0.4 is 10.2 Å². The number of carbonyl (C=O) groups excluding carboxylic acids is 1. The molecule has 0 spiro atoms. The van der Waals surface area contributed by atoms with E-state index in [4.69, 9.17) is 14.7 Å². The number of likely N-dealkylation sites (N-methyl/N-ethyl adjacent to an activating group) is 1. The van der Waals surface area contributed by atoms with Gasteiger partial charge in [-0.1, -0.05) is 44.7 Å². The molecular weight excluding hydrogens is 446 g/mol. The Morgan fingerprint density at radius 2 is 1.97 bits per heavy atom. The lowest BCUT2D eigenvalue weighted by molar-refractivity contribution is 0.0857. The van der Waals surface area contributed by atoms with Crippen molar-refractivity contribution in [3.8, 4) is 0 Å². The van der Waals surface area contributed by atoms with Crippen molar-refractivity contribution in [3.05, 3.63) is 47.2 Å². The van der Waals surface area contributed by atoms with E-state index in [1.54, 1.807) is 11.8 Å². The van der Waals surface area contributed by atoms with E-state index in [-0.39, 0.29) is 17.4 Å². The zero-order chi connectivity index (χ0) is 24.1. The van der Waals surface area contributed by atoms with Gasteiger partial charge < -0.3 is 19.9 Å². The normalized spacial score (nSPS) is 19.4. The van der Waals surface area contributed by atoms with Gasteiger partial charge in [-0.3, -0.25) is 4.79 Å². The summed E-state index contributed by atoms with van der Waals surface area (Å²) in [5, 5.41) is 3.80. The van der Waals surface area contributed by atoms with Crippen molar-refractivity contribution in [2.75, 3.05) is 51.3 Å². The first kappa shape index (κ1) is 24.9. The molecule has 0 radical (unpaired) electrons. The highest BCUT2D eigenvalue weighted by Gasteiger charge is 2.22. The number of carbonyl (C=O) groups is 1. The van der Waals surface area contributed by atoms with Crippen LogP contribution in [0.2, 0.25) is 0 Å². The number of nitrogens with one attached hydrogen (secondary N) is 1. The molecule has 8 heteroatoms. The molecule has 1 amide bonds. The third-order valence-corrected chi connectivity index (χ3v) is 7.28. The molecule has 2 fully saturated rings. The van der Waals surface area contributed by atoms with E-state index in [9.17, 15) is 4.79 Å². The number of thioether (sulfide) groups is 1. The van der Waals surface area contributed by atoms with Crippen LogP contribution >= 0.6 is 11.8 Å². The van der Waals surface area contributed by atoms with E-state index in [0.717, 1.165) is 67.9 Å². The number of anilines is 1. The molecule has 2 aliphatic heterocycles. The van der Waals surface area contributed by atoms with Gasteiger partial charge in [0.2, 0.25) is 0 Å². The Hall–Kier alpha value is -2.16. The maximum atomic E-state index is 12.6. The van der Waals surface area contributed by atoms with Crippen LogP contribution in [-0.2, 0) is 15.9 Å². The molecular formula is C26H37N5O2S. The van der Waals surface area contributed by atoms with Crippen LogP contribution in [-0.4, -0.2) is 73.3 Å².